The van der Waals surface area contributed by atoms with Gasteiger partial charge < -0.3 is 15.1 Å². The number of carbonyl (C=O) groups is 2. The van der Waals surface area contributed by atoms with E-state index in [-0.39, 0.29) is 23.8 Å². The number of nitrogens with zero attached hydrogens (tertiary/aromatic N) is 2. The molecule has 2 aliphatic heterocycles. The molecule has 3 rings (SSSR count). The van der Waals surface area contributed by atoms with Gasteiger partial charge in [0.05, 0.1) is 0 Å². The maximum Gasteiger partial charge on any atom is 0.253 e. The smallest absolute Gasteiger partial charge is 0.253 e. The van der Waals surface area contributed by atoms with E-state index in [2.05, 4.69) is 19.2 Å². The van der Waals surface area contributed by atoms with Crippen molar-refractivity contribution in [3.63, 3.8) is 0 Å². The first-order valence-corrected chi connectivity index (χ1v) is 8.96. The molecule has 2 heterocycles. The summed E-state index contributed by atoms with van der Waals surface area (Å²) in [6, 6.07) is 9.95. The molecule has 5 heteroatoms. The van der Waals surface area contributed by atoms with E-state index in [1.54, 1.807) is 0 Å². The molecule has 24 heavy (non-hydrogen) atoms. The monoisotopic (exact) mass is 329 g/mol. The Morgan fingerprint density at radius 1 is 1.04 bits per heavy atom. The van der Waals surface area contributed by atoms with Crippen molar-refractivity contribution in [3.8, 4) is 0 Å². The minimum absolute atomic E-state index is 0.0533. The van der Waals surface area contributed by atoms with Gasteiger partial charge in [0.2, 0.25) is 5.91 Å². The number of likely N-dealkylation sites (tertiary alicyclic amines) is 1. The van der Waals surface area contributed by atoms with Gasteiger partial charge in [0, 0.05) is 49.7 Å². The van der Waals surface area contributed by atoms with E-state index in [0.29, 0.717) is 19.1 Å². The fourth-order valence-corrected chi connectivity index (χ4v) is 3.70. The van der Waals surface area contributed by atoms with Crippen LogP contribution in [-0.2, 0) is 4.79 Å². The molecule has 0 bridgehead atoms. The van der Waals surface area contributed by atoms with E-state index in [4.69, 9.17) is 0 Å². The Morgan fingerprint density at radius 2 is 1.71 bits per heavy atom. The summed E-state index contributed by atoms with van der Waals surface area (Å²) in [5, 5.41) is 3.41. The fourth-order valence-electron chi connectivity index (χ4n) is 3.70. The van der Waals surface area contributed by atoms with Gasteiger partial charge in [0.25, 0.3) is 5.91 Å². The molecule has 2 saturated heterocycles. The molecule has 1 aromatic rings. The fraction of sp³-hybridized carbons (Fsp3) is 0.579. The highest BCUT2D eigenvalue weighted by Gasteiger charge is 2.34. The van der Waals surface area contributed by atoms with Crippen molar-refractivity contribution in [2.45, 2.75) is 38.8 Å². The molecule has 0 aromatic heterocycles. The maximum absolute atomic E-state index is 12.9. The number of rotatable bonds is 2. The number of carbonyl (C=O) groups excluding carboxylic acids is 2. The van der Waals surface area contributed by atoms with Gasteiger partial charge in [-0.25, -0.2) is 0 Å². The van der Waals surface area contributed by atoms with E-state index in [1.807, 2.05) is 40.1 Å². The molecule has 0 saturated carbocycles. The molecule has 2 aliphatic rings. The number of hydrogen-bond donors (Lipinski definition) is 1. The predicted molar refractivity (Wildman–Crippen MR) is 93.7 cm³/mol. The van der Waals surface area contributed by atoms with Crippen molar-refractivity contribution in [1.82, 2.24) is 15.1 Å². The Hall–Kier alpha value is -1.88. The molecule has 2 atom stereocenters. The predicted octanol–water partition coefficient (Wildman–Crippen LogP) is 1.75. The third-order valence-corrected chi connectivity index (χ3v) is 5.47. The van der Waals surface area contributed by atoms with Crippen LogP contribution in [-0.4, -0.2) is 59.9 Å². The first kappa shape index (κ1) is 17.0. The summed E-state index contributed by atoms with van der Waals surface area (Å²) < 4.78 is 0. The van der Waals surface area contributed by atoms with Crippen LogP contribution in [0, 0.1) is 5.92 Å². The minimum Gasteiger partial charge on any atom is -0.339 e. The highest BCUT2D eigenvalue weighted by molar-refractivity contribution is 5.94. The van der Waals surface area contributed by atoms with E-state index in [9.17, 15) is 9.59 Å². The lowest BCUT2D eigenvalue weighted by Crippen LogP contribution is -2.59. The highest BCUT2D eigenvalue weighted by Crippen LogP contribution is 2.23. The van der Waals surface area contributed by atoms with Gasteiger partial charge in [-0.3, -0.25) is 9.59 Å². The summed E-state index contributed by atoms with van der Waals surface area (Å²) in [4.78, 5) is 29.3. The first-order chi connectivity index (χ1) is 11.6. The minimum atomic E-state index is 0.0533. The average molecular weight is 329 g/mol. The standard InChI is InChI=1S/C19H27N3O2/c1-14-15(2)22(13-10-20-14)19(24)17-8-11-21(12-9-17)18(23)16-6-4-3-5-7-16/h3-7,14-15,17,20H,8-13H2,1-2H3. The van der Waals surface area contributed by atoms with Crippen molar-refractivity contribution < 1.29 is 9.59 Å². The normalized spacial score (nSPS) is 25.6. The van der Waals surface area contributed by atoms with Crippen molar-refractivity contribution >= 4 is 11.8 Å². The quantitative estimate of drug-likeness (QED) is 0.899. The van der Waals surface area contributed by atoms with Crippen LogP contribution in [0.4, 0.5) is 0 Å². The van der Waals surface area contributed by atoms with E-state index >= 15 is 0 Å². The summed E-state index contributed by atoms with van der Waals surface area (Å²) in [6.45, 7) is 7.23. The summed E-state index contributed by atoms with van der Waals surface area (Å²) in [5.74, 6) is 0.394. The molecular formula is C19H27N3O2. The van der Waals surface area contributed by atoms with Crippen molar-refractivity contribution in [1.29, 1.82) is 0 Å². The Balaban J connectivity index is 1.57. The molecule has 2 amide bonds. The number of piperidine rings is 1. The van der Waals surface area contributed by atoms with Crippen LogP contribution in [0.25, 0.3) is 0 Å². The Kier molecular flexibility index (Phi) is 5.19. The molecule has 0 radical (unpaired) electrons. The molecule has 1 N–H and O–H groups in total. The molecule has 0 aliphatic carbocycles. The number of nitrogens with one attached hydrogen (secondary N) is 1. The van der Waals surface area contributed by atoms with Gasteiger partial charge in [-0.1, -0.05) is 18.2 Å². The van der Waals surface area contributed by atoms with Crippen LogP contribution in [0.5, 0.6) is 0 Å². The molecule has 1 aromatic carbocycles. The lowest BCUT2D eigenvalue weighted by atomic mass is 9.93. The molecule has 2 unspecified atom stereocenters. The third-order valence-electron chi connectivity index (χ3n) is 5.47. The zero-order chi connectivity index (χ0) is 17.1. The van der Waals surface area contributed by atoms with Gasteiger partial charge >= 0.3 is 0 Å². The first-order valence-electron chi connectivity index (χ1n) is 8.96. The second kappa shape index (κ2) is 7.34. The second-order valence-electron chi connectivity index (χ2n) is 6.95. The summed E-state index contributed by atoms with van der Waals surface area (Å²) in [6.07, 6.45) is 1.53. The Morgan fingerprint density at radius 3 is 2.38 bits per heavy atom. The topological polar surface area (TPSA) is 52.7 Å². The summed E-state index contributed by atoms with van der Waals surface area (Å²) in [5.41, 5.74) is 0.729. The summed E-state index contributed by atoms with van der Waals surface area (Å²) >= 11 is 0. The molecule has 130 valence electrons. The number of piperazine rings is 1. The molecular weight excluding hydrogens is 302 g/mol. The number of amides is 2. The van der Waals surface area contributed by atoms with Gasteiger partial charge in [-0.05, 0) is 38.8 Å². The van der Waals surface area contributed by atoms with E-state index in [1.165, 1.54) is 0 Å². The van der Waals surface area contributed by atoms with Crippen LogP contribution in [0.1, 0.15) is 37.0 Å². The Labute approximate surface area is 144 Å². The maximum atomic E-state index is 12.9. The van der Waals surface area contributed by atoms with Crippen molar-refractivity contribution in [2.75, 3.05) is 26.2 Å². The Bertz CT molecular complexity index is 582. The van der Waals surface area contributed by atoms with Crippen LogP contribution in [0.2, 0.25) is 0 Å². The van der Waals surface area contributed by atoms with Gasteiger partial charge in [-0.15, -0.1) is 0 Å². The van der Waals surface area contributed by atoms with Crippen LogP contribution in [0.3, 0.4) is 0 Å². The lowest BCUT2D eigenvalue weighted by Gasteiger charge is -2.41. The van der Waals surface area contributed by atoms with Crippen molar-refractivity contribution in [3.05, 3.63) is 35.9 Å². The zero-order valence-electron chi connectivity index (χ0n) is 14.6. The van der Waals surface area contributed by atoms with Crippen molar-refractivity contribution in [2.24, 2.45) is 5.92 Å². The van der Waals surface area contributed by atoms with Gasteiger partial charge in [-0.2, -0.15) is 0 Å². The highest BCUT2D eigenvalue weighted by atomic mass is 16.2. The van der Waals surface area contributed by atoms with Gasteiger partial charge in [0.1, 0.15) is 0 Å². The largest absolute Gasteiger partial charge is 0.339 e. The third kappa shape index (κ3) is 3.46. The van der Waals surface area contributed by atoms with Gasteiger partial charge in [0.15, 0.2) is 0 Å². The summed E-state index contributed by atoms with van der Waals surface area (Å²) in [7, 11) is 0. The van der Waals surface area contributed by atoms with Crippen LogP contribution >= 0.6 is 0 Å². The zero-order valence-corrected chi connectivity index (χ0v) is 14.6. The second-order valence-corrected chi connectivity index (χ2v) is 6.95. The SMILES string of the molecule is CC1NCCN(C(=O)C2CCN(C(=O)c3ccccc3)CC2)C1C. The molecule has 0 spiro atoms. The van der Waals surface area contributed by atoms with E-state index < -0.39 is 0 Å². The number of hydrogen-bond acceptors (Lipinski definition) is 3. The van der Waals surface area contributed by atoms with E-state index in [0.717, 1.165) is 31.5 Å². The lowest BCUT2D eigenvalue weighted by molar-refractivity contribution is -0.140. The molecule has 5 nitrogen and oxygen atoms in total. The number of benzene rings is 1. The molecule has 2 fully saturated rings. The average Bonchev–Trinajstić information content (AvgIpc) is 2.64. The van der Waals surface area contributed by atoms with Crippen LogP contribution < -0.4 is 5.32 Å². The van der Waals surface area contributed by atoms with Crippen LogP contribution in [0.15, 0.2) is 30.3 Å².